The average molecular weight is 741 g/mol. The van der Waals surface area contributed by atoms with E-state index in [0.29, 0.717) is 6.42 Å². The molecule has 7 atom stereocenters. The van der Waals surface area contributed by atoms with E-state index in [-0.39, 0.29) is 57.8 Å². The Bertz CT molecular complexity index is 903. The van der Waals surface area contributed by atoms with Crippen LogP contribution in [0.5, 0.6) is 0 Å². The van der Waals surface area contributed by atoms with Crippen LogP contribution < -0.4 is 0 Å². The summed E-state index contributed by atoms with van der Waals surface area (Å²) >= 11 is 2.29. The fourth-order valence-electron chi connectivity index (χ4n) is 4.63. The van der Waals surface area contributed by atoms with Crippen LogP contribution in [0.3, 0.4) is 0 Å². The highest BCUT2D eigenvalue weighted by molar-refractivity contribution is 14.1. The molecule has 0 N–H and O–H groups in total. The van der Waals surface area contributed by atoms with Gasteiger partial charge in [0.2, 0.25) is 0 Å². The summed E-state index contributed by atoms with van der Waals surface area (Å²) in [6, 6.07) is 0. The minimum absolute atomic E-state index is 0.00170. The van der Waals surface area contributed by atoms with Gasteiger partial charge in [-0.05, 0) is 77.4 Å². The number of halogens is 1. The highest BCUT2D eigenvalue weighted by Gasteiger charge is 2.57. The maximum absolute atomic E-state index is 11.5. The standard InChI is InChI=1S/C31H61IO6Si3/c1-29(2,3)39(10,11)36-24(18-20-32)26-28(38-41(14,15)31(7,8)9)27(37-40(12,13)30(4,5)6)25-23(35-26)17-16-22(34-25)19-21-33/h18,20-28H,16-17,19H2,1-15H3/b20-18+/t22?,23-,24-,25?,26?,27?,28?/m0/s1. The SMILES string of the molecule is CC(C)(C)[Si](C)(C)OC1C(O[Si](C)(C)C(C)(C)C)C2OC(CC=O)CC[C@@H]2OC1[C@H](/C=C/I)O[Si](C)(C)C(C)(C)C. The maximum Gasteiger partial charge on any atom is 0.193 e. The van der Waals surface area contributed by atoms with Gasteiger partial charge >= 0.3 is 0 Å². The van der Waals surface area contributed by atoms with Crippen molar-refractivity contribution in [1.82, 2.24) is 0 Å². The first-order valence-electron chi connectivity index (χ1n) is 15.4. The number of ether oxygens (including phenoxy) is 2. The summed E-state index contributed by atoms with van der Waals surface area (Å²) in [5.41, 5.74) is 0. The number of aldehydes is 1. The molecule has 0 amide bonds. The van der Waals surface area contributed by atoms with Gasteiger partial charge in [-0.15, -0.1) is 0 Å². The van der Waals surface area contributed by atoms with Crippen LogP contribution >= 0.6 is 22.6 Å². The van der Waals surface area contributed by atoms with Crippen LogP contribution in [0.1, 0.15) is 81.6 Å². The summed E-state index contributed by atoms with van der Waals surface area (Å²) in [5, 5.41) is 0.0521. The molecule has 0 aromatic carbocycles. The molecule has 41 heavy (non-hydrogen) atoms. The van der Waals surface area contributed by atoms with Crippen molar-refractivity contribution in [2.24, 2.45) is 0 Å². The van der Waals surface area contributed by atoms with E-state index in [2.05, 4.69) is 134 Å². The van der Waals surface area contributed by atoms with Crippen molar-refractivity contribution in [3.63, 3.8) is 0 Å². The first kappa shape index (κ1) is 37.8. The summed E-state index contributed by atoms with van der Waals surface area (Å²) in [7, 11) is -6.69. The number of rotatable bonds is 10. The minimum Gasteiger partial charge on any atom is -0.408 e. The van der Waals surface area contributed by atoms with E-state index in [1.54, 1.807) is 0 Å². The number of carbonyl (C=O) groups is 1. The van der Waals surface area contributed by atoms with Crippen molar-refractivity contribution < 1.29 is 27.5 Å². The molecule has 2 aliphatic heterocycles. The molecular weight excluding hydrogens is 679 g/mol. The lowest BCUT2D eigenvalue weighted by Crippen LogP contribution is -2.69. The molecule has 0 aromatic heterocycles. The van der Waals surface area contributed by atoms with Crippen LogP contribution in [0, 0.1) is 0 Å². The van der Waals surface area contributed by atoms with Gasteiger partial charge in [-0.25, -0.2) is 0 Å². The normalized spacial score (nSPS) is 29.9. The maximum atomic E-state index is 11.5. The monoisotopic (exact) mass is 740 g/mol. The Morgan fingerprint density at radius 2 is 1.27 bits per heavy atom. The first-order valence-corrected chi connectivity index (χ1v) is 25.4. The van der Waals surface area contributed by atoms with Gasteiger partial charge in [-0.1, -0.05) is 84.9 Å². The Balaban J connectivity index is 2.73. The molecule has 0 saturated carbocycles. The Labute approximate surface area is 268 Å². The minimum atomic E-state index is -2.28. The summed E-state index contributed by atoms with van der Waals surface area (Å²) in [5.74, 6) is 0. The molecule has 2 rings (SSSR count). The van der Waals surface area contributed by atoms with Crippen molar-refractivity contribution in [1.29, 1.82) is 0 Å². The molecule has 2 heterocycles. The Morgan fingerprint density at radius 3 is 1.71 bits per heavy atom. The number of carbonyl (C=O) groups excluding carboxylic acids is 1. The zero-order valence-corrected chi connectivity index (χ0v) is 33.9. The fourth-order valence-corrected chi connectivity index (χ4v) is 8.89. The molecule has 2 fully saturated rings. The molecule has 2 saturated heterocycles. The smallest absolute Gasteiger partial charge is 0.193 e. The van der Waals surface area contributed by atoms with Crippen molar-refractivity contribution in [3.05, 3.63) is 10.2 Å². The van der Waals surface area contributed by atoms with Crippen LogP contribution in [-0.4, -0.2) is 74.0 Å². The molecule has 6 nitrogen and oxygen atoms in total. The second kappa shape index (κ2) is 13.5. The van der Waals surface area contributed by atoms with E-state index in [1.807, 2.05) is 0 Å². The van der Waals surface area contributed by atoms with Crippen LogP contribution in [0.15, 0.2) is 10.2 Å². The van der Waals surface area contributed by atoms with E-state index >= 15 is 0 Å². The zero-order valence-electron chi connectivity index (χ0n) is 28.7. The molecule has 10 heteroatoms. The number of hydrogen-bond donors (Lipinski definition) is 0. The molecule has 0 spiro atoms. The highest BCUT2D eigenvalue weighted by atomic mass is 127. The predicted octanol–water partition coefficient (Wildman–Crippen LogP) is 9.01. The van der Waals surface area contributed by atoms with Crippen LogP contribution in [0.2, 0.25) is 54.4 Å². The molecule has 0 aromatic rings. The average Bonchev–Trinajstić information content (AvgIpc) is 2.78. The van der Waals surface area contributed by atoms with Gasteiger partial charge in [-0.2, -0.15) is 0 Å². The largest absolute Gasteiger partial charge is 0.408 e. The van der Waals surface area contributed by atoms with Crippen molar-refractivity contribution in [2.75, 3.05) is 0 Å². The third-order valence-electron chi connectivity index (χ3n) is 10.4. The van der Waals surface area contributed by atoms with Crippen molar-refractivity contribution >= 4 is 53.8 Å². The summed E-state index contributed by atoms with van der Waals surface area (Å²) in [6.07, 6.45) is 3.25. The van der Waals surface area contributed by atoms with Gasteiger partial charge in [0, 0.05) is 6.42 Å². The van der Waals surface area contributed by atoms with E-state index < -0.39 is 25.0 Å². The van der Waals surface area contributed by atoms with E-state index in [1.165, 1.54) is 0 Å². The van der Waals surface area contributed by atoms with Gasteiger partial charge < -0.3 is 27.5 Å². The number of fused-ring (bicyclic) bond motifs is 1. The van der Waals surface area contributed by atoms with Crippen molar-refractivity contribution in [2.45, 2.75) is 179 Å². The number of hydrogen-bond acceptors (Lipinski definition) is 6. The van der Waals surface area contributed by atoms with Crippen LogP contribution in [0.25, 0.3) is 0 Å². The Kier molecular flexibility index (Phi) is 12.5. The van der Waals surface area contributed by atoms with Gasteiger partial charge in [0.1, 0.15) is 30.7 Å². The topological polar surface area (TPSA) is 63.2 Å². The molecule has 0 radical (unpaired) electrons. The fraction of sp³-hybridized carbons (Fsp3) is 0.903. The van der Waals surface area contributed by atoms with Crippen LogP contribution in [0.4, 0.5) is 0 Å². The lowest BCUT2D eigenvalue weighted by Gasteiger charge is -2.56. The summed E-state index contributed by atoms with van der Waals surface area (Å²) in [6.45, 7) is 34.3. The lowest BCUT2D eigenvalue weighted by atomic mass is 9.87. The van der Waals surface area contributed by atoms with E-state index in [0.717, 1.165) is 19.1 Å². The quantitative estimate of drug-likeness (QED) is 0.127. The molecule has 2 aliphatic rings. The highest BCUT2D eigenvalue weighted by Crippen LogP contribution is 2.47. The predicted molar refractivity (Wildman–Crippen MR) is 187 cm³/mol. The summed E-state index contributed by atoms with van der Waals surface area (Å²) in [4.78, 5) is 11.5. The van der Waals surface area contributed by atoms with Crippen molar-refractivity contribution in [3.8, 4) is 0 Å². The van der Waals surface area contributed by atoms with Gasteiger partial charge in [0.15, 0.2) is 25.0 Å². The molecule has 240 valence electrons. The van der Waals surface area contributed by atoms with E-state index in [4.69, 9.17) is 22.8 Å². The molecule has 0 bridgehead atoms. The first-order chi connectivity index (χ1) is 18.4. The Hall–Kier alpha value is 0.591. The second-order valence-corrected chi connectivity index (χ2v) is 31.7. The van der Waals surface area contributed by atoms with Gasteiger partial charge in [-0.3, -0.25) is 0 Å². The third kappa shape index (κ3) is 9.08. The van der Waals surface area contributed by atoms with Gasteiger partial charge in [0.25, 0.3) is 0 Å². The molecule has 0 aliphatic carbocycles. The summed E-state index contributed by atoms with van der Waals surface area (Å²) < 4.78 is 37.6. The third-order valence-corrected chi connectivity index (χ3v) is 24.3. The molecular formula is C31H61IO6Si3. The van der Waals surface area contributed by atoms with Crippen LogP contribution in [-0.2, 0) is 27.5 Å². The lowest BCUT2D eigenvalue weighted by molar-refractivity contribution is -0.266. The Morgan fingerprint density at radius 1 is 0.780 bits per heavy atom. The zero-order chi connectivity index (χ0) is 31.8. The van der Waals surface area contributed by atoms with Gasteiger partial charge in [0.05, 0.1) is 18.3 Å². The molecule has 5 unspecified atom stereocenters. The van der Waals surface area contributed by atoms with E-state index in [9.17, 15) is 4.79 Å². The second-order valence-electron chi connectivity index (χ2n) is 16.7.